The summed E-state index contributed by atoms with van der Waals surface area (Å²) < 4.78 is 7.37. The minimum absolute atomic E-state index is 0.526. The Morgan fingerprint density at radius 1 is 1.19 bits per heavy atom. The fourth-order valence-electron chi connectivity index (χ4n) is 2.49. The fourth-order valence-corrected chi connectivity index (χ4v) is 3.87. The molecule has 142 valence electrons. The molecule has 0 amide bonds. The van der Waals surface area contributed by atoms with Gasteiger partial charge in [-0.05, 0) is 41.6 Å². The Balaban J connectivity index is 1.53. The lowest BCUT2D eigenvalue weighted by Crippen LogP contribution is -2.17. The highest BCUT2D eigenvalue weighted by molar-refractivity contribution is 7.99. The first-order valence-electron chi connectivity index (χ1n) is 8.47. The Bertz CT molecular complexity index is 875. The van der Waals surface area contributed by atoms with Gasteiger partial charge in [-0.1, -0.05) is 53.2 Å². The zero-order chi connectivity index (χ0) is 19.1. The Hall–Kier alpha value is -1.80. The van der Waals surface area contributed by atoms with Crippen LogP contribution in [-0.2, 0) is 6.54 Å². The number of tetrazole rings is 1. The normalized spacial score (nSPS) is 10.9. The van der Waals surface area contributed by atoms with Crippen LogP contribution in [0.2, 0.25) is 10.0 Å². The number of aromatic nitrogens is 4. The van der Waals surface area contributed by atoms with Crippen LogP contribution in [0, 0.1) is 0 Å². The molecule has 0 radical (unpaired) electrons. The van der Waals surface area contributed by atoms with Gasteiger partial charge in [-0.25, -0.2) is 0 Å². The second-order valence-corrected chi connectivity index (χ2v) is 7.45. The molecule has 6 nitrogen and oxygen atoms in total. The van der Waals surface area contributed by atoms with Crippen molar-refractivity contribution in [1.29, 1.82) is 0 Å². The lowest BCUT2D eigenvalue weighted by Gasteiger charge is -2.13. The van der Waals surface area contributed by atoms with Gasteiger partial charge in [0.15, 0.2) is 0 Å². The zero-order valence-electron chi connectivity index (χ0n) is 14.7. The first-order valence-corrected chi connectivity index (χ1v) is 10.2. The molecule has 0 aliphatic carbocycles. The molecule has 1 heterocycles. The predicted molar refractivity (Wildman–Crippen MR) is 109 cm³/mol. The van der Waals surface area contributed by atoms with Crippen molar-refractivity contribution in [3.8, 4) is 11.4 Å². The summed E-state index contributed by atoms with van der Waals surface area (Å²) in [6, 6.07) is 13.4. The third-order valence-corrected chi connectivity index (χ3v) is 5.06. The van der Waals surface area contributed by atoms with E-state index in [1.165, 1.54) is 0 Å². The summed E-state index contributed by atoms with van der Waals surface area (Å²) in [6.07, 6.45) is 0. The molecule has 0 bridgehead atoms. The van der Waals surface area contributed by atoms with Crippen molar-refractivity contribution < 1.29 is 4.74 Å². The molecule has 1 N–H and O–H groups in total. The quantitative estimate of drug-likeness (QED) is 0.409. The summed E-state index contributed by atoms with van der Waals surface area (Å²) in [5.74, 6) is 1.49. The van der Waals surface area contributed by atoms with Gasteiger partial charge in [0.05, 0.1) is 17.3 Å². The molecule has 1 aromatic heterocycles. The van der Waals surface area contributed by atoms with E-state index in [-0.39, 0.29) is 0 Å². The van der Waals surface area contributed by atoms with Crippen molar-refractivity contribution in [3.05, 3.63) is 58.1 Å². The Morgan fingerprint density at radius 3 is 2.78 bits per heavy atom. The third-order valence-electron chi connectivity index (χ3n) is 3.64. The second-order valence-electron chi connectivity index (χ2n) is 5.54. The SMILES string of the molecule is CCOc1c(Cl)cc(Cl)cc1CNCCSc1nnnn1-c1ccccc1. The van der Waals surface area contributed by atoms with Gasteiger partial charge in [0, 0.05) is 29.4 Å². The maximum absolute atomic E-state index is 6.23. The summed E-state index contributed by atoms with van der Waals surface area (Å²) in [6.45, 7) is 3.85. The average Bonchev–Trinajstić information content (AvgIpc) is 3.13. The first kappa shape index (κ1) is 19.9. The topological polar surface area (TPSA) is 64.9 Å². The molecule has 3 rings (SSSR count). The van der Waals surface area contributed by atoms with E-state index in [1.54, 1.807) is 22.5 Å². The number of nitrogens with one attached hydrogen (secondary N) is 1. The zero-order valence-corrected chi connectivity index (χ0v) is 17.1. The van der Waals surface area contributed by atoms with Crippen LogP contribution < -0.4 is 10.1 Å². The van der Waals surface area contributed by atoms with E-state index in [2.05, 4.69) is 20.8 Å². The van der Waals surface area contributed by atoms with E-state index in [0.717, 1.165) is 28.7 Å². The summed E-state index contributed by atoms with van der Waals surface area (Å²) >= 11 is 13.9. The number of halogens is 2. The van der Waals surface area contributed by atoms with Crippen LogP contribution in [0.15, 0.2) is 47.6 Å². The molecule has 0 aliphatic rings. The van der Waals surface area contributed by atoms with E-state index in [0.29, 0.717) is 28.9 Å². The Morgan fingerprint density at radius 2 is 2.00 bits per heavy atom. The molecule has 2 aromatic carbocycles. The maximum Gasteiger partial charge on any atom is 0.214 e. The third kappa shape index (κ3) is 5.35. The lowest BCUT2D eigenvalue weighted by atomic mass is 10.2. The maximum atomic E-state index is 6.23. The number of rotatable bonds is 9. The molecule has 0 fully saturated rings. The molecule has 0 atom stereocenters. The van der Waals surface area contributed by atoms with E-state index in [9.17, 15) is 0 Å². The predicted octanol–water partition coefficient (Wildman–Crippen LogP) is 4.25. The van der Waals surface area contributed by atoms with Gasteiger partial charge >= 0.3 is 0 Å². The minimum atomic E-state index is 0.526. The van der Waals surface area contributed by atoms with Gasteiger partial charge < -0.3 is 10.1 Å². The van der Waals surface area contributed by atoms with E-state index < -0.39 is 0 Å². The molecule has 3 aromatic rings. The molecule has 0 unspecified atom stereocenters. The summed E-state index contributed by atoms with van der Waals surface area (Å²) in [5.41, 5.74) is 1.88. The van der Waals surface area contributed by atoms with Crippen LogP contribution in [0.4, 0.5) is 0 Å². The van der Waals surface area contributed by atoms with Crippen molar-refractivity contribution in [2.45, 2.75) is 18.6 Å². The first-order chi connectivity index (χ1) is 13.2. The highest BCUT2D eigenvalue weighted by atomic mass is 35.5. The smallest absolute Gasteiger partial charge is 0.214 e. The fraction of sp³-hybridized carbons (Fsp3) is 0.278. The summed E-state index contributed by atoms with van der Waals surface area (Å²) in [4.78, 5) is 0. The Kier molecular flexibility index (Phi) is 7.34. The Labute approximate surface area is 172 Å². The van der Waals surface area contributed by atoms with E-state index in [4.69, 9.17) is 27.9 Å². The van der Waals surface area contributed by atoms with Crippen molar-refractivity contribution in [3.63, 3.8) is 0 Å². The van der Waals surface area contributed by atoms with Crippen molar-refractivity contribution in [2.24, 2.45) is 0 Å². The number of thioether (sulfide) groups is 1. The van der Waals surface area contributed by atoms with Gasteiger partial charge in [-0.2, -0.15) is 4.68 Å². The standard InChI is InChI=1S/C18H19Cl2N5OS/c1-2-26-17-13(10-14(19)11-16(17)20)12-21-8-9-27-18-22-23-24-25(18)15-6-4-3-5-7-15/h3-7,10-11,21H,2,8-9,12H2,1H3. The number of para-hydroxylation sites is 1. The summed E-state index contributed by atoms with van der Waals surface area (Å²) in [5, 5.41) is 17.2. The van der Waals surface area contributed by atoms with Gasteiger partial charge in [0.2, 0.25) is 5.16 Å². The second kappa shape index (κ2) is 9.94. The van der Waals surface area contributed by atoms with Crippen LogP contribution in [0.1, 0.15) is 12.5 Å². The van der Waals surface area contributed by atoms with E-state index in [1.807, 2.05) is 43.3 Å². The van der Waals surface area contributed by atoms with Gasteiger partial charge in [-0.15, -0.1) is 5.10 Å². The lowest BCUT2D eigenvalue weighted by molar-refractivity contribution is 0.336. The monoisotopic (exact) mass is 423 g/mol. The van der Waals surface area contributed by atoms with Crippen LogP contribution in [0.5, 0.6) is 5.75 Å². The molecular formula is C18H19Cl2N5OS. The van der Waals surface area contributed by atoms with Gasteiger partial charge in [0.25, 0.3) is 0 Å². The molecule has 0 aliphatic heterocycles. The number of ether oxygens (including phenoxy) is 1. The number of hydrogen-bond acceptors (Lipinski definition) is 6. The van der Waals surface area contributed by atoms with Crippen molar-refractivity contribution >= 4 is 35.0 Å². The molecular weight excluding hydrogens is 405 g/mol. The van der Waals surface area contributed by atoms with Crippen LogP contribution in [0.3, 0.4) is 0 Å². The number of nitrogens with zero attached hydrogens (tertiary/aromatic N) is 4. The minimum Gasteiger partial charge on any atom is -0.492 e. The molecule has 0 spiro atoms. The molecule has 27 heavy (non-hydrogen) atoms. The van der Waals surface area contributed by atoms with Crippen LogP contribution >= 0.6 is 35.0 Å². The summed E-state index contributed by atoms with van der Waals surface area (Å²) in [7, 11) is 0. The van der Waals surface area contributed by atoms with Gasteiger partial charge in [-0.3, -0.25) is 0 Å². The molecule has 0 saturated carbocycles. The molecule has 9 heteroatoms. The van der Waals surface area contributed by atoms with Gasteiger partial charge in [0.1, 0.15) is 5.75 Å². The van der Waals surface area contributed by atoms with Crippen LogP contribution in [-0.4, -0.2) is 39.1 Å². The number of hydrogen-bond donors (Lipinski definition) is 1. The average molecular weight is 424 g/mol. The van der Waals surface area contributed by atoms with Crippen LogP contribution in [0.25, 0.3) is 5.69 Å². The van der Waals surface area contributed by atoms with Crippen molar-refractivity contribution in [1.82, 2.24) is 25.5 Å². The highest BCUT2D eigenvalue weighted by Crippen LogP contribution is 2.32. The number of benzene rings is 2. The largest absolute Gasteiger partial charge is 0.492 e. The highest BCUT2D eigenvalue weighted by Gasteiger charge is 2.11. The van der Waals surface area contributed by atoms with E-state index >= 15 is 0 Å². The molecule has 0 saturated heterocycles. The van der Waals surface area contributed by atoms with Crippen molar-refractivity contribution in [2.75, 3.05) is 18.9 Å².